The molecule has 9 heteroatoms. The maximum absolute atomic E-state index is 13.2. The Labute approximate surface area is 150 Å². The standard InChI is InChI=1S/C16H11BrF3NO3S/c17-13-10-21(25(23,24)16(18,19)20)15(8-6-12(22)7-9-15)14(13)11-4-2-1-3-5-11/h1-9H,10H2. The fourth-order valence-electron chi connectivity index (χ4n) is 2.94. The molecule has 3 rings (SSSR count). The molecule has 1 spiro atoms. The largest absolute Gasteiger partial charge is 0.511 e. The number of hydrogen-bond donors (Lipinski definition) is 0. The van der Waals surface area contributed by atoms with Crippen LogP contribution in [0.2, 0.25) is 0 Å². The van der Waals surface area contributed by atoms with Crippen molar-refractivity contribution in [1.82, 2.24) is 4.31 Å². The number of nitrogens with zero attached hydrogens (tertiary/aromatic N) is 1. The molecule has 0 aromatic heterocycles. The molecule has 4 nitrogen and oxygen atoms in total. The van der Waals surface area contributed by atoms with Gasteiger partial charge in [-0.1, -0.05) is 58.4 Å². The van der Waals surface area contributed by atoms with Crippen LogP contribution >= 0.6 is 15.9 Å². The first kappa shape index (κ1) is 18.1. The highest BCUT2D eigenvalue weighted by molar-refractivity contribution is 9.11. The minimum atomic E-state index is -5.63. The van der Waals surface area contributed by atoms with E-state index in [1.165, 1.54) is 12.2 Å². The van der Waals surface area contributed by atoms with E-state index in [1.54, 1.807) is 30.3 Å². The van der Waals surface area contributed by atoms with Crippen LogP contribution in [0.3, 0.4) is 0 Å². The number of carbonyl (C=O) groups excluding carboxylic acids is 1. The normalized spacial score (nSPS) is 20.7. The average molecular weight is 434 g/mol. The number of halogens is 4. The summed E-state index contributed by atoms with van der Waals surface area (Å²) >= 11 is 3.22. The minimum Gasteiger partial charge on any atom is -0.290 e. The van der Waals surface area contributed by atoms with E-state index in [0.29, 0.717) is 19.9 Å². The first-order chi connectivity index (χ1) is 11.6. The number of sulfonamides is 1. The second-order valence-electron chi connectivity index (χ2n) is 5.50. The number of carbonyl (C=O) groups is 1. The Morgan fingerprint density at radius 3 is 2.16 bits per heavy atom. The van der Waals surface area contributed by atoms with Gasteiger partial charge in [0.25, 0.3) is 0 Å². The summed E-state index contributed by atoms with van der Waals surface area (Å²) in [7, 11) is -5.63. The lowest BCUT2D eigenvalue weighted by Gasteiger charge is -2.36. The number of benzene rings is 1. The molecular formula is C16H11BrF3NO3S. The molecule has 0 saturated carbocycles. The van der Waals surface area contributed by atoms with E-state index < -0.39 is 33.4 Å². The third kappa shape index (κ3) is 2.80. The molecule has 0 radical (unpaired) electrons. The number of ketones is 1. The predicted molar refractivity (Wildman–Crippen MR) is 90.0 cm³/mol. The zero-order valence-electron chi connectivity index (χ0n) is 12.5. The summed E-state index contributed by atoms with van der Waals surface area (Å²) in [5.74, 6) is -0.426. The molecule has 1 aromatic carbocycles. The maximum atomic E-state index is 13.2. The van der Waals surface area contributed by atoms with Crippen LogP contribution in [0, 0.1) is 0 Å². The van der Waals surface area contributed by atoms with Crippen molar-refractivity contribution in [2.24, 2.45) is 0 Å². The van der Waals surface area contributed by atoms with Gasteiger partial charge < -0.3 is 0 Å². The molecule has 1 aliphatic heterocycles. The van der Waals surface area contributed by atoms with Crippen molar-refractivity contribution in [3.8, 4) is 0 Å². The van der Waals surface area contributed by atoms with Crippen LogP contribution in [-0.2, 0) is 14.8 Å². The van der Waals surface area contributed by atoms with E-state index in [4.69, 9.17) is 0 Å². The van der Waals surface area contributed by atoms with Gasteiger partial charge in [0.2, 0.25) is 0 Å². The van der Waals surface area contributed by atoms with Crippen LogP contribution in [0.4, 0.5) is 13.2 Å². The lowest BCUT2D eigenvalue weighted by Crippen LogP contribution is -2.51. The fraction of sp³-hybridized carbons (Fsp3) is 0.188. The zero-order chi connectivity index (χ0) is 18.5. The Balaban J connectivity index is 2.25. The minimum absolute atomic E-state index is 0.301. The summed E-state index contributed by atoms with van der Waals surface area (Å²) in [5, 5.41) is 0. The maximum Gasteiger partial charge on any atom is 0.511 e. The number of hydrogen-bond acceptors (Lipinski definition) is 3. The molecule has 1 heterocycles. The third-order valence-electron chi connectivity index (χ3n) is 4.02. The number of alkyl halides is 3. The van der Waals surface area contributed by atoms with Crippen LogP contribution < -0.4 is 0 Å². The highest BCUT2D eigenvalue weighted by Crippen LogP contribution is 2.49. The van der Waals surface area contributed by atoms with E-state index >= 15 is 0 Å². The summed E-state index contributed by atoms with van der Waals surface area (Å²) < 4.78 is 64.5. The Hall–Kier alpha value is -1.71. The Kier molecular flexibility index (Phi) is 4.29. The van der Waals surface area contributed by atoms with Crippen LogP contribution in [0.5, 0.6) is 0 Å². The predicted octanol–water partition coefficient (Wildman–Crippen LogP) is 3.39. The van der Waals surface area contributed by atoms with E-state index in [9.17, 15) is 26.4 Å². The van der Waals surface area contributed by atoms with Crippen molar-refractivity contribution < 1.29 is 26.4 Å². The van der Waals surface area contributed by atoms with Gasteiger partial charge in [-0.05, 0) is 23.3 Å². The highest BCUT2D eigenvalue weighted by atomic mass is 79.9. The van der Waals surface area contributed by atoms with E-state index in [-0.39, 0.29) is 0 Å². The van der Waals surface area contributed by atoms with Crippen molar-refractivity contribution in [1.29, 1.82) is 0 Å². The lowest BCUT2D eigenvalue weighted by molar-refractivity contribution is -0.110. The van der Waals surface area contributed by atoms with Gasteiger partial charge in [0, 0.05) is 11.0 Å². The monoisotopic (exact) mass is 433 g/mol. The molecule has 0 bridgehead atoms. The third-order valence-corrected chi connectivity index (χ3v) is 6.26. The highest BCUT2D eigenvalue weighted by Gasteiger charge is 2.59. The van der Waals surface area contributed by atoms with Gasteiger partial charge in [0.05, 0.1) is 0 Å². The Morgan fingerprint density at radius 1 is 1.08 bits per heavy atom. The Morgan fingerprint density at radius 2 is 1.64 bits per heavy atom. The zero-order valence-corrected chi connectivity index (χ0v) is 14.9. The Bertz CT molecular complexity index is 902. The SMILES string of the molecule is O=C1C=CC2(C=C1)C(c1ccccc1)=C(Br)CN2S(=O)(=O)C(F)(F)F. The fourth-order valence-corrected chi connectivity index (χ4v) is 5.06. The van der Waals surface area contributed by atoms with Gasteiger partial charge in [0.15, 0.2) is 5.78 Å². The van der Waals surface area contributed by atoms with E-state index in [0.717, 1.165) is 12.2 Å². The van der Waals surface area contributed by atoms with Gasteiger partial charge in [-0.25, -0.2) is 8.42 Å². The van der Waals surface area contributed by atoms with E-state index in [2.05, 4.69) is 15.9 Å². The van der Waals surface area contributed by atoms with Crippen molar-refractivity contribution >= 4 is 37.3 Å². The molecular weight excluding hydrogens is 423 g/mol. The number of allylic oxidation sites excluding steroid dienone is 2. The van der Waals surface area contributed by atoms with Crippen LogP contribution in [0.25, 0.3) is 5.57 Å². The summed E-state index contributed by atoms with van der Waals surface area (Å²) in [6, 6.07) is 8.46. The summed E-state index contributed by atoms with van der Waals surface area (Å²) in [6.07, 6.45) is 4.53. The molecule has 0 unspecified atom stereocenters. The molecule has 2 aliphatic rings. The van der Waals surface area contributed by atoms with Crippen molar-refractivity contribution in [3.05, 3.63) is 64.7 Å². The second kappa shape index (κ2) is 5.93. The van der Waals surface area contributed by atoms with Crippen molar-refractivity contribution in [2.75, 3.05) is 6.54 Å². The van der Waals surface area contributed by atoms with Gasteiger partial charge in [-0.15, -0.1) is 0 Å². The topological polar surface area (TPSA) is 54.5 Å². The quantitative estimate of drug-likeness (QED) is 0.718. The smallest absolute Gasteiger partial charge is 0.290 e. The molecule has 1 aliphatic carbocycles. The van der Waals surface area contributed by atoms with Crippen molar-refractivity contribution in [2.45, 2.75) is 11.0 Å². The molecule has 0 atom stereocenters. The van der Waals surface area contributed by atoms with Gasteiger partial charge >= 0.3 is 15.5 Å². The summed E-state index contributed by atoms with van der Waals surface area (Å²) in [6.45, 7) is -0.491. The number of rotatable bonds is 2. The van der Waals surface area contributed by atoms with Crippen LogP contribution in [0.15, 0.2) is 59.1 Å². The van der Waals surface area contributed by atoms with E-state index in [1.807, 2.05) is 0 Å². The van der Waals surface area contributed by atoms with Crippen LogP contribution in [-0.4, -0.2) is 36.1 Å². The van der Waals surface area contributed by atoms with Gasteiger partial charge in [-0.2, -0.15) is 17.5 Å². The lowest BCUT2D eigenvalue weighted by atomic mass is 9.83. The molecule has 0 amide bonds. The summed E-state index contributed by atoms with van der Waals surface area (Å²) in [4.78, 5) is 11.5. The second-order valence-corrected chi connectivity index (χ2v) is 8.31. The molecule has 0 N–H and O–H groups in total. The molecule has 0 fully saturated rings. The molecule has 1 aromatic rings. The first-order valence-corrected chi connectivity index (χ1v) is 9.29. The van der Waals surface area contributed by atoms with Crippen molar-refractivity contribution in [3.63, 3.8) is 0 Å². The molecule has 25 heavy (non-hydrogen) atoms. The summed E-state index contributed by atoms with van der Waals surface area (Å²) in [5.41, 5.74) is -6.27. The van der Waals surface area contributed by atoms with Crippen LogP contribution in [0.1, 0.15) is 5.56 Å². The molecule has 0 saturated heterocycles. The van der Waals surface area contributed by atoms with Gasteiger partial charge in [0.1, 0.15) is 5.54 Å². The van der Waals surface area contributed by atoms with Gasteiger partial charge in [-0.3, -0.25) is 4.79 Å². The first-order valence-electron chi connectivity index (χ1n) is 7.06. The average Bonchev–Trinajstić information content (AvgIpc) is 2.83. The molecule has 132 valence electrons.